The van der Waals surface area contributed by atoms with Crippen molar-refractivity contribution in [1.29, 1.82) is 0 Å². The topological polar surface area (TPSA) is 58.9 Å². The first-order chi connectivity index (χ1) is 11.6. The summed E-state index contributed by atoms with van der Waals surface area (Å²) in [7, 11) is 3.05. The van der Waals surface area contributed by atoms with Crippen LogP contribution in [-0.4, -0.2) is 24.4 Å². The molecule has 2 aromatic carbocycles. The Hall–Kier alpha value is -2.88. The van der Waals surface area contributed by atoms with Crippen LogP contribution >= 0.6 is 0 Å². The number of benzene rings is 2. The van der Waals surface area contributed by atoms with Crippen molar-refractivity contribution < 1.29 is 19.7 Å². The van der Waals surface area contributed by atoms with Crippen LogP contribution in [0.4, 0.5) is 0 Å². The van der Waals surface area contributed by atoms with Gasteiger partial charge in [-0.15, -0.1) is 6.58 Å². The average molecular weight is 326 g/mol. The number of ether oxygens (including phenoxy) is 2. The lowest BCUT2D eigenvalue weighted by molar-refractivity contribution is 0.372. The molecule has 2 rings (SSSR count). The SMILES string of the molecule is C=CCc1cc(O)c(OC)cc1C/C=C/c1ccc(OC)c(O)c1. The fourth-order valence-corrected chi connectivity index (χ4v) is 2.49. The van der Waals surface area contributed by atoms with E-state index < -0.39 is 0 Å². The predicted molar refractivity (Wildman–Crippen MR) is 96.0 cm³/mol. The molecule has 0 amide bonds. The summed E-state index contributed by atoms with van der Waals surface area (Å²) in [5, 5.41) is 19.7. The molecule has 0 aliphatic carbocycles. The molecule has 24 heavy (non-hydrogen) atoms. The average Bonchev–Trinajstić information content (AvgIpc) is 2.57. The van der Waals surface area contributed by atoms with Gasteiger partial charge >= 0.3 is 0 Å². The van der Waals surface area contributed by atoms with E-state index in [4.69, 9.17) is 9.47 Å². The van der Waals surface area contributed by atoms with Crippen molar-refractivity contribution in [2.75, 3.05) is 14.2 Å². The number of allylic oxidation sites excluding steroid dienone is 2. The molecule has 0 aliphatic heterocycles. The van der Waals surface area contributed by atoms with E-state index in [1.165, 1.54) is 14.2 Å². The Morgan fingerprint density at radius 2 is 1.58 bits per heavy atom. The molecule has 0 aliphatic rings. The lowest BCUT2D eigenvalue weighted by atomic mass is 10.00. The lowest BCUT2D eigenvalue weighted by Crippen LogP contribution is -1.94. The number of phenolic OH excluding ortho intramolecular Hbond substituents is 2. The normalized spacial score (nSPS) is 10.8. The minimum absolute atomic E-state index is 0.110. The summed E-state index contributed by atoms with van der Waals surface area (Å²) in [5.41, 5.74) is 2.94. The van der Waals surface area contributed by atoms with Crippen LogP contribution in [0.25, 0.3) is 6.08 Å². The van der Waals surface area contributed by atoms with Gasteiger partial charge in [0.05, 0.1) is 14.2 Å². The summed E-state index contributed by atoms with van der Waals surface area (Å²) < 4.78 is 10.2. The highest BCUT2D eigenvalue weighted by molar-refractivity contribution is 5.56. The highest BCUT2D eigenvalue weighted by atomic mass is 16.5. The van der Waals surface area contributed by atoms with Crippen molar-refractivity contribution in [1.82, 2.24) is 0 Å². The zero-order valence-electron chi connectivity index (χ0n) is 14.0. The van der Waals surface area contributed by atoms with Crippen LogP contribution < -0.4 is 9.47 Å². The lowest BCUT2D eigenvalue weighted by Gasteiger charge is -2.11. The molecule has 2 N–H and O–H groups in total. The van der Waals surface area contributed by atoms with E-state index in [0.29, 0.717) is 24.3 Å². The second kappa shape index (κ2) is 8.11. The minimum Gasteiger partial charge on any atom is -0.504 e. The Labute approximate surface area is 142 Å². The minimum atomic E-state index is 0.110. The zero-order valence-corrected chi connectivity index (χ0v) is 14.0. The van der Waals surface area contributed by atoms with Crippen LogP contribution in [0.3, 0.4) is 0 Å². The standard InChI is InChI=1S/C20H22O4/c1-4-6-15-12-18(22)20(24-3)13-16(15)8-5-7-14-9-10-19(23-2)17(21)11-14/h4-5,7,9-13,21-22H,1,6,8H2,2-3H3/b7-5+. The first kappa shape index (κ1) is 17.5. The molecule has 0 saturated heterocycles. The Morgan fingerprint density at radius 1 is 0.917 bits per heavy atom. The number of hydrogen-bond donors (Lipinski definition) is 2. The monoisotopic (exact) mass is 326 g/mol. The number of methoxy groups -OCH3 is 2. The van der Waals surface area contributed by atoms with E-state index >= 15 is 0 Å². The number of hydrogen-bond acceptors (Lipinski definition) is 4. The summed E-state index contributed by atoms with van der Waals surface area (Å²) in [5.74, 6) is 1.14. The second-order valence-electron chi connectivity index (χ2n) is 5.32. The van der Waals surface area contributed by atoms with E-state index in [1.807, 2.05) is 24.3 Å². The first-order valence-corrected chi connectivity index (χ1v) is 7.62. The Bertz CT molecular complexity index is 748. The summed E-state index contributed by atoms with van der Waals surface area (Å²) in [6.45, 7) is 3.75. The van der Waals surface area contributed by atoms with Gasteiger partial charge in [-0.2, -0.15) is 0 Å². The molecule has 0 spiro atoms. The van der Waals surface area contributed by atoms with Gasteiger partial charge in [-0.25, -0.2) is 0 Å². The van der Waals surface area contributed by atoms with Gasteiger partial charge in [0, 0.05) is 0 Å². The molecule has 2 aromatic rings. The molecule has 0 bridgehead atoms. The molecule has 0 heterocycles. The molecule has 0 fully saturated rings. The summed E-state index contributed by atoms with van der Waals surface area (Å²) >= 11 is 0. The quantitative estimate of drug-likeness (QED) is 0.752. The highest BCUT2D eigenvalue weighted by Crippen LogP contribution is 2.31. The van der Waals surface area contributed by atoms with E-state index in [0.717, 1.165) is 16.7 Å². The largest absolute Gasteiger partial charge is 0.504 e. The number of aromatic hydroxyl groups is 2. The summed E-state index contributed by atoms with van der Waals surface area (Å²) in [4.78, 5) is 0. The van der Waals surface area contributed by atoms with Crippen molar-refractivity contribution >= 4 is 6.08 Å². The van der Waals surface area contributed by atoms with Crippen molar-refractivity contribution in [3.05, 3.63) is 65.8 Å². The Morgan fingerprint density at radius 3 is 2.21 bits per heavy atom. The molecule has 0 aromatic heterocycles. The maximum atomic E-state index is 9.91. The van der Waals surface area contributed by atoms with Gasteiger partial charge in [-0.1, -0.05) is 24.3 Å². The van der Waals surface area contributed by atoms with Crippen LogP contribution in [0.1, 0.15) is 16.7 Å². The first-order valence-electron chi connectivity index (χ1n) is 7.62. The van der Waals surface area contributed by atoms with E-state index in [-0.39, 0.29) is 11.5 Å². The van der Waals surface area contributed by atoms with Gasteiger partial charge in [-0.3, -0.25) is 0 Å². The van der Waals surface area contributed by atoms with Gasteiger partial charge < -0.3 is 19.7 Å². The van der Waals surface area contributed by atoms with Crippen molar-refractivity contribution in [3.63, 3.8) is 0 Å². The summed E-state index contributed by atoms with van der Waals surface area (Å²) in [6, 6.07) is 8.79. The van der Waals surface area contributed by atoms with Gasteiger partial charge in [0.1, 0.15) is 0 Å². The van der Waals surface area contributed by atoms with Crippen LogP contribution in [-0.2, 0) is 12.8 Å². The number of rotatable bonds is 7. The Kier molecular flexibility index (Phi) is 5.90. The number of phenols is 2. The van der Waals surface area contributed by atoms with E-state index in [9.17, 15) is 10.2 Å². The third-order valence-corrected chi connectivity index (χ3v) is 3.72. The van der Waals surface area contributed by atoms with Gasteiger partial charge in [0.25, 0.3) is 0 Å². The molecule has 0 radical (unpaired) electrons. The van der Waals surface area contributed by atoms with E-state index in [1.54, 1.807) is 24.3 Å². The fourth-order valence-electron chi connectivity index (χ4n) is 2.49. The van der Waals surface area contributed by atoms with Crippen molar-refractivity contribution in [2.24, 2.45) is 0 Å². The second-order valence-corrected chi connectivity index (χ2v) is 5.32. The molecule has 4 nitrogen and oxygen atoms in total. The molecule has 0 atom stereocenters. The van der Waals surface area contributed by atoms with Crippen molar-refractivity contribution in [2.45, 2.75) is 12.8 Å². The maximum Gasteiger partial charge on any atom is 0.160 e. The van der Waals surface area contributed by atoms with Gasteiger partial charge in [-0.05, 0) is 53.8 Å². The molecular formula is C20H22O4. The predicted octanol–water partition coefficient (Wildman–Crippen LogP) is 4.10. The van der Waals surface area contributed by atoms with Crippen LogP contribution in [0.2, 0.25) is 0 Å². The molecule has 0 saturated carbocycles. The van der Waals surface area contributed by atoms with Crippen LogP contribution in [0.5, 0.6) is 23.0 Å². The molecule has 126 valence electrons. The van der Waals surface area contributed by atoms with Crippen LogP contribution in [0, 0.1) is 0 Å². The van der Waals surface area contributed by atoms with E-state index in [2.05, 4.69) is 6.58 Å². The van der Waals surface area contributed by atoms with Crippen LogP contribution in [0.15, 0.2) is 49.1 Å². The third-order valence-electron chi connectivity index (χ3n) is 3.72. The zero-order chi connectivity index (χ0) is 17.5. The third kappa shape index (κ3) is 4.10. The van der Waals surface area contributed by atoms with Crippen molar-refractivity contribution in [3.8, 4) is 23.0 Å². The smallest absolute Gasteiger partial charge is 0.160 e. The fraction of sp³-hybridized carbons (Fsp3) is 0.200. The van der Waals surface area contributed by atoms with Gasteiger partial charge in [0.2, 0.25) is 0 Å². The molecule has 4 heteroatoms. The summed E-state index contributed by atoms with van der Waals surface area (Å²) in [6.07, 6.45) is 7.07. The maximum absolute atomic E-state index is 9.91. The highest BCUT2D eigenvalue weighted by Gasteiger charge is 2.08. The molecule has 0 unspecified atom stereocenters. The van der Waals surface area contributed by atoms with Gasteiger partial charge in [0.15, 0.2) is 23.0 Å². The Balaban J connectivity index is 2.21. The molecular weight excluding hydrogens is 304 g/mol.